The van der Waals surface area contributed by atoms with Gasteiger partial charge in [-0.3, -0.25) is 14.4 Å². The van der Waals surface area contributed by atoms with Crippen molar-refractivity contribution in [1.29, 1.82) is 0 Å². The largest absolute Gasteiger partial charge is 0.465 e. The molecule has 2 amide bonds. The van der Waals surface area contributed by atoms with Gasteiger partial charge < -0.3 is 24.5 Å². The molecule has 1 aromatic carbocycles. The number of hydrogen-bond donors (Lipinski definition) is 2. The lowest BCUT2D eigenvalue weighted by molar-refractivity contribution is -0.145. The Morgan fingerprint density at radius 3 is 2.37 bits per heavy atom. The van der Waals surface area contributed by atoms with Gasteiger partial charge in [0.15, 0.2) is 5.76 Å². The zero-order valence-corrected chi connectivity index (χ0v) is 14.5. The van der Waals surface area contributed by atoms with Gasteiger partial charge in [-0.15, -0.1) is 0 Å². The summed E-state index contributed by atoms with van der Waals surface area (Å²) in [6, 6.07) is 9.37. The van der Waals surface area contributed by atoms with Crippen LogP contribution in [0.5, 0.6) is 0 Å². The molecular formula is C18H18N2O7. The summed E-state index contributed by atoms with van der Waals surface area (Å²) in [5.74, 6) is -2.10. The van der Waals surface area contributed by atoms with Crippen LogP contribution < -0.4 is 10.6 Å². The molecule has 27 heavy (non-hydrogen) atoms. The van der Waals surface area contributed by atoms with Gasteiger partial charge in [0.05, 0.1) is 25.5 Å². The van der Waals surface area contributed by atoms with E-state index in [1.54, 1.807) is 30.3 Å². The van der Waals surface area contributed by atoms with Crippen LogP contribution in [0.3, 0.4) is 0 Å². The zero-order valence-electron chi connectivity index (χ0n) is 14.5. The van der Waals surface area contributed by atoms with Crippen LogP contribution in [0, 0.1) is 0 Å². The van der Waals surface area contributed by atoms with E-state index >= 15 is 0 Å². The molecule has 0 aliphatic carbocycles. The van der Waals surface area contributed by atoms with Gasteiger partial charge in [0.25, 0.3) is 5.91 Å². The number of rotatable bonds is 8. The highest BCUT2D eigenvalue weighted by Crippen LogP contribution is 2.07. The number of ether oxygens (including phenoxy) is 2. The van der Waals surface area contributed by atoms with Crippen LogP contribution >= 0.6 is 0 Å². The van der Waals surface area contributed by atoms with Gasteiger partial charge in [-0.1, -0.05) is 12.1 Å². The first kappa shape index (κ1) is 19.7. The number of furan rings is 1. The average molecular weight is 374 g/mol. The topological polar surface area (TPSA) is 124 Å². The van der Waals surface area contributed by atoms with Crippen molar-refractivity contribution in [3.8, 4) is 0 Å². The van der Waals surface area contributed by atoms with E-state index in [9.17, 15) is 19.2 Å². The molecule has 0 aliphatic rings. The third-order valence-corrected chi connectivity index (χ3v) is 3.36. The van der Waals surface area contributed by atoms with Crippen LogP contribution in [0.1, 0.15) is 26.5 Å². The summed E-state index contributed by atoms with van der Waals surface area (Å²) in [7, 11) is 1.29. The number of benzene rings is 1. The van der Waals surface area contributed by atoms with Crippen LogP contribution in [0.15, 0.2) is 47.1 Å². The summed E-state index contributed by atoms with van der Waals surface area (Å²) in [5.41, 5.74) is 1.06. The van der Waals surface area contributed by atoms with E-state index in [-0.39, 0.29) is 25.5 Å². The van der Waals surface area contributed by atoms with Gasteiger partial charge >= 0.3 is 11.9 Å². The maximum absolute atomic E-state index is 11.7. The first-order valence-electron chi connectivity index (χ1n) is 7.91. The van der Waals surface area contributed by atoms with Gasteiger partial charge in [0, 0.05) is 0 Å². The Morgan fingerprint density at radius 2 is 1.74 bits per heavy atom. The van der Waals surface area contributed by atoms with E-state index in [0.29, 0.717) is 11.1 Å². The molecule has 9 nitrogen and oxygen atoms in total. The smallest absolute Gasteiger partial charge is 0.337 e. The van der Waals surface area contributed by atoms with Crippen molar-refractivity contribution in [2.75, 3.05) is 20.2 Å². The van der Waals surface area contributed by atoms with Gasteiger partial charge in [-0.05, 0) is 29.8 Å². The van der Waals surface area contributed by atoms with Gasteiger partial charge in [-0.25, -0.2) is 4.79 Å². The summed E-state index contributed by atoms with van der Waals surface area (Å²) in [6.45, 7) is -0.650. The average Bonchev–Trinajstić information content (AvgIpc) is 3.23. The quantitative estimate of drug-likeness (QED) is 0.650. The number of hydrogen-bond acceptors (Lipinski definition) is 7. The molecule has 2 aromatic rings. The Hall–Kier alpha value is -3.62. The molecule has 0 saturated carbocycles. The van der Waals surface area contributed by atoms with Crippen LogP contribution in [0.25, 0.3) is 0 Å². The molecular weight excluding hydrogens is 356 g/mol. The fourth-order valence-corrected chi connectivity index (χ4v) is 1.96. The Kier molecular flexibility index (Phi) is 7.12. The highest BCUT2D eigenvalue weighted by Gasteiger charge is 2.12. The van der Waals surface area contributed by atoms with E-state index in [2.05, 4.69) is 15.4 Å². The van der Waals surface area contributed by atoms with Gasteiger partial charge in [0.1, 0.15) is 13.2 Å². The second-order valence-electron chi connectivity index (χ2n) is 5.29. The lowest BCUT2D eigenvalue weighted by Gasteiger charge is -2.07. The third-order valence-electron chi connectivity index (χ3n) is 3.36. The van der Waals surface area contributed by atoms with E-state index in [1.165, 1.54) is 19.4 Å². The van der Waals surface area contributed by atoms with E-state index in [4.69, 9.17) is 9.15 Å². The Balaban J connectivity index is 1.66. The first-order chi connectivity index (χ1) is 13.0. The molecule has 2 rings (SSSR count). The second kappa shape index (κ2) is 9.76. The number of nitrogens with one attached hydrogen (secondary N) is 2. The van der Waals surface area contributed by atoms with Crippen LogP contribution in [-0.2, 0) is 25.7 Å². The molecule has 2 N–H and O–H groups in total. The van der Waals surface area contributed by atoms with Gasteiger partial charge in [0.2, 0.25) is 5.91 Å². The summed E-state index contributed by atoms with van der Waals surface area (Å²) < 4.78 is 14.5. The minimum absolute atomic E-state index is 0.00855. The fourth-order valence-electron chi connectivity index (χ4n) is 1.96. The molecule has 1 heterocycles. The van der Waals surface area contributed by atoms with Crippen molar-refractivity contribution in [1.82, 2.24) is 10.6 Å². The van der Waals surface area contributed by atoms with Gasteiger partial charge in [-0.2, -0.15) is 0 Å². The predicted octanol–water partition coefficient (Wildman–Crippen LogP) is 0.656. The molecule has 1 aromatic heterocycles. The molecule has 0 fully saturated rings. The molecule has 142 valence electrons. The molecule has 9 heteroatoms. The van der Waals surface area contributed by atoms with Crippen LogP contribution in [0.4, 0.5) is 0 Å². The second-order valence-corrected chi connectivity index (χ2v) is 5.29. The minimum atomic E-state index is -0.641. The van der Waals surface area contributed by atoms with Crippen molar-refractivity contribution >= 4 is 23.8 Å². The van der Waals surface area contributed by atoms with Crippen molar-refractivity contribution in [2.45, 2.75) is 6.61 Å². The molecule has 0 bridgehead atoms. The van der Waals surface area contributed by atoms with Crippen LogP contribution in [-0.4, -0.2) is 44.0 Å². The maximum atomic E-state index is 11.7. The molecule has 0 spiro atoms. The number of carbonyl (C=O) groups is 4. The monoisotopic (exact) mass is 374 g/mol. The Morgan fingerprint density at radius 1 is 1.00 bits per heavy atom. The normalized spacial score (nSPS) is 9.96. The first-order valence-corrected chi connectivity index (χ1v) is 7.91. The number of amides is 2. The molecule has 0 unspecified atom stereocenters. The summed E-state index contributed by atoms with van der Waals surface area (Å²) in [5, 5.41) is 4.68. The molecule has 0 atom stereocenters. The Bertz CT molecular complexity index is 798. The van der Waals surface area contributed by atoms with Crippen molar-refractivity contribution in [3.05, 3.63) is 59.5 Å². The number of esters is 2. The molecule has 0 saturated heterocycles. The van der Waals surface area contributed by atoms with E-state index in [1.807, 2.05) is 0 Å². The summed E-state index contributed by atoms with van der Waals surface area (Å²) in [6.07, 6.45) is 1.34. The number of carbonyl (C=O) groups excluding carboxylic acids is 4. The third kappa shape index (κ3) is 6.31. The Labute approximate surface area is 154 Å². The SMILES string of the molecule is COC(=O)c1ccc(COC(=O)CNC(=O)CNC(=O)c2ccco2)cc1. The summed E-state index contributed by atoms with van der Waals surface area (Å²) >= 11 is 0. The summed E-state index contributed by atoms with van der Waals surface area (Å²) in [4.78, 5) is 46.2. The lowest BCUT2D eigenvalue weighted by atomic mass is 10.1. The minimum Gasteiger partial charge on any atom is -0.465 e. The standard InChI is InChI=1S/C18H18N2O7/c1-25-18(24)13-6-4-12(5-7-13)11-27-16(22)10-19-15(21)9-20-17(23)14-3-2-8-26-14/h2-8H,9-11H2,1H3,(H,19,21)(H,20,23). The fraction of sp³-hybridized carbons (Fsp3) is 0.222. The van der Waals surface area contributed by atoms with Crippen molar-refractivity contribution in [3.63, 3.8) is 0 Å². The highest BCUT2D eigenvalue weighted by molar-refractivity contribution is 5.94. The maximum Gasteiger partial charge on any atom is 0.337 e. The molecule has 0 radical (unpaired) electrons. The van der Waals surface area contributed by atoms with Crippen molar-refractivity contribution < 1.29 is 33.1 Å². The number of methoxy groups -OCH3 is 1. The molecule has 0 aliphatic heterocycles. The van der Waals surface area contributed by atoms with E-state index in [0.717, 1.165) is 0 Å². The van der Waals surface area contributed by atoms with Crippen LogP contribution in [0.2, 0.25) is 0 Å². The van der Waals surface area contributed by atoms with Crippen molar-refractivity contribution in [2.24, 2.45) is 0 Å². The predicted molar refractivity (Wildman–Crippen MR) is 91.6 cm³/mol. The highest BCUT2D eigenvalue weighted by atomic mass is 16.5. The zero-order chi connectivity index (χ0) is 19.6. The lowest BCUT2D eigenvalue weighted by Crippen LogP contribution is -2.39. The van der Waals surface area contributed by atoms with E-state index < -0.39 is 23.8 Å².